The van der Waals surface area contributed by atoms with Gasteiger partial charge in [0.2, 0.25) is 0 Å². The normalized spacial score (nSPS) is 13.7. The van der Waals surface area contributed by atoms with Crippen LogP contribution in [0, 0.1) is 6.92 Å². The lowest BCUT2D eigenvalue weighted by Crippen LogP contribution is -2.26. The second kappa shape index (κ2) is 4.19. The van der Waals surface area contributed by atoms with Crippen LogP contribution < -0.4 is 5.32 Å². The largest absolute Gasteiger partial charge is 0.389 e. The first-order valence-corrected chi connectivity index (χ1v) is 5.23. The second-order valence-corrected chi connectivity index (χ2v) is 4.92. The molecule has 84 valence electrons. The maximum absolute atomic E-state index is 9.47. The lowest BCUT2D eigenvalue weighted by molar-refractivity contribution is 0.198. The Hall–Kier alpha value is -1.09. The standard InChI is InChI=1S/C12H20N2O/c1-8-10(9(2)15)6-7-11(13-8)14-12(3,4)5/h6-7,9,15H,1-5H3,(H,13,14)/t9-/m1/s1. The summed E-state index contributed by atoms with van der Waals surface area (Å²) in [5.41, 5.74) is 1.76. The van der Waals surface area contributed by atoms with Crippen LogP contribution >= 0.6 is 0 Å². The molecular formula is C12H20N2O. The predicted molar refractivity (Wildman–Crippen MR) is 63.0 cm³/mol. The number of aliphatic hydroxyl groups is 1. The molecule has 3 nitrogen and oxygen atoms in total. The van der Waals surface area contributed by atoms with Gasteiger partial charge in [-0.05, 0) is 40.7 Å². The van der Waals surface area contributed by atoms with E-state index in [9.17, 15) is 5.11 Å². The molecule has 2 N–H and O–H groups in total. The van der Waals surface area contributed by atoms with Gasteiger partial charge >= 0.3 is 0 Å². The Morgan fingerprint density at radius 1 is 1.33 bits per heavy atom. The van der Waals surface area contributed by atoms with Gasteiger partial charge in [0.25, 0.3) is 0 Å². The van der Waals surface area contributed by atoms with Gasteiger partial charge in [-0.2, -0.15) is 0 Å². The summed E-state index contributed by atoms with van der Waals surface area (Å²) < 4.78 is 0. The van der Waals surface area contributed by atoms with Crippen molar-refractivity contribution >= 4 is 5.82 Å². The molecule has 1 rings (SSSR count). The molecule has 1 aromatic heterocycles. The van der Waals surface area contributed by atoms with Crippen LogP contribution in [0.15, 0.2) is 12.1 Å². The van der Waals surface area contributed by atoms with Crippen molar-refractivity contribution in [3.05, 3.63) is 23.4 Å². The highest BCUT2D eigenvalue weighted by Gasteiger charge is 2.12. The van der Waals surface area contributed by atoms with Crippen LogP contribution in [0.3, 0.4) is 0 Å². The Morgan fingerprint density at radius 2 is 1.93 bits per heavy atom. The fraction of sp³-hybridized carbons (Fsp3) is 0.583. The third-order valence-electron chi connectivity index (χ3n) is 2.08. The molecule has 0 bridgehead atoms. The maximum Gasteiger partial charge on any atom is 0.126 e. The summed E-state index contributed by atoms with van der Waals surface area (Å²) in [5.74, 6) is 0.851. The summed E-state index contributed by atoms with van der Waals surface area (Å²) in [6, 6.07) is 3.82. The highest BCUT2D eigenvalue weighted by atomic mass is 16.3. The molecule has 0 amide bonds. The SMILES string of the molecule is Cc1nc(NC(C)(C)C)ccc1[C@@H](C)O. The van der Waals surface area contributed by atoms with Gasteiger partial charge in [0, 0.05) is 16.8 Å². The maximum atomic E-state index is 9.47. The van der Waals surface area contributed by atoms with E-state index in [1.54, 1.807) is 6.92 Å². The highest BCUT2D eigenvalue weighted by Crippen LogP contribution is 2.19. The van der Waals surface area contributed by atoms with E-state index in [-0.39, 0.29) is 5.54 Å². The van der Waals surface area contributed by atoms with E-state index in [4.69, 9.17) is 0 Å². The number of aromatic nitrogens is 1. The van der Waals surface area contributed by atoms with Crippen LogP contribution in [0.5, 0.6) is 0 Å². The Morgan fingerprint density at radius 3 is 2.33 bits per heavy atom. The molecule has 0 aliphatic carbocycles. The Kier molecular flexibility index (Phi) is 3.35. The zero-order chi connectivity index (χ0) is 11.6. The van der Waals surface area contributed by atoms with Gasteiger partial charge < -0.3 is 10.4 Å². The number of rotatable bonds is 2. The monoisotopic (exact) mass is 208 g/mol. The second-order valence-electron chi connectivity index (χ2n) is 4.92. The highest BCUT2D eigenvalue weighted by molar-refractivity contribution is 5.40. The number of hydrogen-bond donors (Lipinski definition) is 2. The van der Waals surface area contributed by atoms with Crippen molar-refractivity contribution in [1.82, 2.24) is 4.98 Å². The zero-order valence-corrected chi connectivity index (χ0v) is 10.1. The number of aryl methyl sites for hydroxylation is 1. The third kappa shape index (κ3) is 3.51. The molecule has 0 spiro atoms. The summed E-state index contributed by atoms with van der Waals surface area (Å²) in [4.78, 5) is 4.41. The third-order valence-corrected chi connectivity index (χ3v) is 2.08. The number of nitrogens with one attached hydrogen (secondary N) is 1. The molecule has 15 heavy (non-hydrogen) atoms. The number of aliphatic hydroxyl groups excluding tert-OH is 1. The summed E-state index contributed by atoms with van der Waals surface area (Å²) in [6.07, 6.45) is -0.457. The van der Waals surface area contributed by atoms with Crippen LogP contribution in [-0.2, 0) is 0 Å². The Bertz CT molecular complexity index is 340. The minimum absolute atomic E-state index is 0.00574. The van der Waals surface area contributed by atoms with Gasteiger partial charge in [0.1, 0.15) is 5.82 Å². The number of pyridine rings is 1. The van der Waals surface area contributed by atoms with E-state index in [2.05, 4.69) is 31.1 Å². The summed E-state index contributed by atoms with van der Waals surface area (Å²) in [7, 11) is 0. The average molecular weight is 208 g/mol. The molecule has 0 radical (unpaired) electrons. The lowest BCUT2D eigenvalue weighted by atomic mass is 10.1. The fourth-order valence-electron chi connectivity index (χ4n) is 1.47. The van der Waals surface area contributed by atoms with Crippen LogP contribution in [0.2, 0.25) is 0 Å². The Labute approximate surface area is 91.5 Å². The van der Waals surface area contributed by atoms with Crippen LogP contribution in [0.4, 0.5) is 5.82 Å². The quantitative estimate of drug-likeness (QED) is 0.785. The topological polar surface area (TPSA) is 45.2 Å². The van der Waals surface area contributed by atoms with E-state index in [0.717, 1.165) is 17.1 Å². The van der Waals surface area contributed by atoms with E-state index in [1.807, 2.05) is 19.1 Å². The van der Waals surface area contributed by atoms with Gasteiger partial charge in [-0.1, -0.05) is 6.07 Å². The molecule has 1 aromatic rings. The van der Waals surface area contributed by atoms with Crippen molar-refractivity contribution in [3.8, 4) is 0 Å². The molecule has 1 heterocycles. The van der Waals surface area contributed by atoms with E-state index >= 15 is 0 Å². The summed E-state index contributed by atoms with van der Waals surface area (Å²) in [6.45, 7) is 9.93. The number of nitrogens with zero attached hydrogens (tertiary/aromatic N) is 1. The first-order valence-electron chi connectivity index (χ1n) is 5.23. The number of hydrogen-bond acceptors (Lipinski definition) is 3. The molecular weight excluding hydrogens is 188 g/mol. The van der Waals surface area contributed by atoms with Crippen LogP contribution in [-0.4, -0.2) is 15.6 Å². The van der Waals surface area contributed by atoms with Crippen molar-refractivity contribution in [2.75, 3.05) is 5.32 Å². The summed E-state index contributed by atoms with van der Waals surface area (Å²) in [5, 5.41) is 12.8. The fourth-order valence-corrected chi connectivity index (χ4v) is 1.47. The Balaban J connectivity index is 2.92. The molecule has 0 saturated heterocycles. The van der Waals surface area contributed by atoms with Crippen LogP contribution in [0.1, 0.15) is 45.1 Å². The van der Waals surface area contributed by atoms with Gasteiger partial charge in [0.05, 0.1) is 6.10 Å². The van der Waals surface area contributed by atoms with Gasteiger partial charge in [-0.25, -0.2) is 4.98 Å². The molecule has 1 atom stereocenters. The lowest BCUT2D eigenvalue weighted by Gasteiger charge is -2.22. The summed E-state index contributed by atoms with van der Waals surface area (Å²) >= 11 is 0. The molecule has 0 aromatic carbocycles. The van der Waals surface area contributed by atoms with Gasteiger partial charge in [0.15, 0.2) is 0 Å². The van der Waals surface area contributed by atoms with Gasteiger partial charge in [-0.15, -0.1) is 0 Å². The van der Waals surface area contributed by atoms with Crippen molar-refractivity contribution in [2.24, 2.45) is 0 Å². The molecule has 0 fully saturated rings. The first-order chi connectivity index (χ1) is 6.79. The van der Waals surface area contributed by atoms with Crippen molar-refractivity contribution in [3.63, 3.8) is 0 Å². The minimum Gasteiger partial charge on any atom is -0.389 e. The smallest absolute Gasteiger partial charge is 0.126 e. The number of anilines is 1. The first kappa shape index (κ1) is 12.0. The predicted octanol–water partition coefficient (Wildman–Crippen LogP) is 2.65. The molecule has 0 aliphatic heterocycles. The molecule has 3 heteroatoms. The molecule has 0 aliphatic rings. The molecule has 0 saturated carbocycles. The van der Waals surface area contributed by atoms with Crippen molar-refractivity contribution in [1.29, 1.82) is 0 Å². The van der Waals surface area contributed by atoms with E-state index < -0.39 is 6.10 Å². The van der Waals surface area contributed by atoms with Crippen LogP contribution in [0.25, 0.3) is 0 Å². The van der Waals surface area contributed by atoms with Gasteiger partial charge in [-0.3, -0.25) is 0 Å². The average Bonchev–Trinajstić information content (AvgIpc) is 1.99. The van der Waals surface area contributed by atoms with Crippen molar-refractivity contribution < 1.29 is 5.11 Å². The van der Waals surface area contributed by atoms with E-state index in [0.29, 0.717) is 0 Å². The van der Waals surface area contributed by atoms with Crippen molar-refractivity contribution in [2.45, 2.75) is 46.3 Å². The zero-order valence-electron chi connectivity index (χ0n) is 10.1. The molecule has 0 unspecified atom stereocenters. The minimum atomic E-state index is -0.457. The van der Waals surface area contributed by atoms with E-state index in [1.165, 1.54) is 0 Å².